The number of piperazine rings is 1. The number of hydrogen-bond donors (Lipinski definition) is 2. The molecular formula is C17H23Cl2N5O2. The molecule has 0 bridgehead atoms. The van der Waals surface area contributed by atoms with Gasteiger partial charge in [-0.15, -0.1) is 12.4 Å². The maximum absolute atomic E-state index is 12.6. The summed E-state index contributed by atoms with van der Waals surface area (Å²) in [6, 6.07) is 5.20. The molecule has 9 heteroatoms. The number of hydrogen-bond acceptors (Lipinski definition) is 5. The number of imidazole rings is 1. The molecule has 1 fully saturated rings. The fourth-order valence-electron chi connectivity index (χ4n) is 3.04. The van der Waals surface area contributed by atoms with Gasteiger partial charge in [0.2, 0.25) is 5.91 Å². The zero-order valence-electron chi connectivity index (χ0n) is 14.7. The van der Waals surface area contributed by atoms with E-state index in [1.165, 1.54) is 0 Å². The van der Waals surface area contributed by atoms with Crippen LogP contribution >= 0.6 is 24.0 Å². The lowest BCUT2D eigenvalue weighted by molar-refractivity contribution is -0.118. The molecule has 0 spiro atoms. The molecule has 0 saturated carbocycles. The van der Waals surface area contributed by atoms with Crippen LogP contribution in [-0.2, 0) is 11.8 Å². The van der Waals surface area contributed by atoms with Crippen molar-refractivity contribution in [3.63, 3.8) is 0 Å². The molecule has 3 rings (SSSR count). The van der Waals surface area contributed by atoms with Crippen LogP contribution in [0.15, 0.2) is 30.6 Å². The van der Waals surface area contributed by atoms with Gasteiger partial charge in [-0.1, -0.05) is 11.6 Å². The van der Waals surface area contributed by atoms with E-state index < -0.39 is 0 Å². The van der Waals surface area contributed by atoms with E-state index in [4.69, 9.17) is 16.3 Å². The quantitative estimate of drug-likeness (QED) is 0.805. The van der Waals surface area contributed by atoms with Gasteiger partial charge in [0.05, 0.1) is 25.4 Å². The lowest BCUT2D eigenvalue weighted by Gasteiger charge is -2.35. The first-order valence-electron chi connectivity index (χ1n) is 8.14. The summed E-state index contributed by atoms with van der Waals surface area (Å²) < 4.78 is 7.27. The number of nitrogens with one attached hydrogen (secondary N) is 2. The molecule has 2 aromatic rings. The summed E-state index contributed by atoms with van der Waals surface area (Å²) in [5.74, 6) is 1.42. The van der Waals surface area contributed by atoms with Crippen LogP contribution in [0.25, 0.3) is 0 Å². The first kappa shape index (κ1) is 20.5. The number of aromatic nitrogens is 2. The summed E-state index contributed by atoms with van der Waals surface area (Å²) in [7, 11) is 3.53. The third kappa shape index (κ3) is 4.67. The number of carbonyl (C=O) groups is 1. The highest BCUT2D eigenvalue weighted by Gasteiger charge is 2.28. The number of carbonyl (C=O) groups excluding carboxylic acids is 1. The molecule has 1 aromatic heterocycles. The maximum Gasteiger partial charge on any atom is 0.238 e. The fraction of sp³-hybridized carbons (Fsp3) is 0.412. The van der Waals surface area contributed by atoms with Gasteiger partial charge in [0.15, 0.2) is 0 Å². The zero-order valence-corrected chi connectivity index (χ0v) is 16.3. The molecule has 1 aromatic carbocycles. The van der Waals surface area contributed by atoms with Gasteiger partial charge < -0.3 is 19.9 Å². The number of benzene rings is 1. The Labute approximate surface area is 164 Å². The molecule has 2 heterocycles. The van der Waals surface area contributed by atoms with Crippen molar-refractivity contribution in [2.24, 2.45) is 7.05 Å². The first-order chi connectivity index (χ1) is 12.1. The van der Waals surface area contributed by atoms with Gasteiger partial charge in [0, 0.05) is 44.1 Å². The molecule has 26 heavy (non-hydrogen) atoms. The normalized spacial score (nSPS) is 17.4. The maximum atomic E-state index is 12.6. The molecule has 0 radical (unpaired) electrons. The standard InChI is InChI=1S/C17H22ClN5O2.ClH/c1-22-7-6-20-17(22)14-10-19-5-8-23(14)11-16(24)21-13-9-12(18)3-4-15(13)25-2;/h3-4,6-7,9,14,19H,5,8,10-11H2,1-2H3,(H,21,24);1H. The van der Waals surface area contributed by atoms with E-state index in [0.29, 0.717) is 16.5 Å². The number of nitrogens with zero attached hydrogens (tertiary/aromatic N) is 3. The molecule has 1 aliphatic rings. The highest BCUT2D eigenvalue weighted by molar-refractivity contribution is 6.31. The Balaban J connectivity index is 0.00000243. The van der Waals surface area contributed by atoms with Crippen molar-refractivity contribution in [3.05, 3.63) is 41.4 Å². The predicted octanol–water partition coefficient (Wildman–Crippen LogP) is 2.09. The van der Waals surface area contributed by atoms with Gasteiger partial charge in [-0.05, 0) is 18.2 Å². The number of halogens is 2. The van der Waals surface area contributed by atoms with Crippen LogP contribution in [0.4, 0.5) is 5.69 Å². The number of rotatable bonds is 5. The van der Waals surface area contributed by atoms with Crippen LogP contribution in [0, 0.1) is 0 Å². The lowest BCUT2D eigenvalue weighted by Crippen LogP contribution is -2.49. The average Bonchev–Trinajstić information content (AvgIpc) is 3.01. The third-order valence-corrected chi connectivity index (χ3v) is 4.53. The predicted molar refractivity (Wildman–Crippen MR) is 104 cm³/mol. The third-order valence-electron chi connectivity index (χ3n) is 4.29. The smallest absolute Gasteiger partial charge is 0.238 e. The Morgan fingerprint density at radius 2 is 2.31 bits per heavy atom. The second-order valence-corrected chi connectivity index (χ2v) is 6.42. The Bertz CT molecular complexity index is 753. The molecule has 1 amide bonds. The van der Waals surface area contributed by atoms with E-state index >= 15 is 0 Å². The van der Waals surface area contributed by atoms with E-state index in [-0.39, 0.29) is 30.9 Å². The molecule has 1 atom stereocenters. The first-order valence-corrected chi connectivity index (χ1v) is 8.51. The zero-order chi connectivity index (χ0) is 17.8. The molecule has 0 aliphatic carbocycles. The van der Waals surface area contributed by atoms with E-state index in [2.05, 4.69) is 20.5 Å². The average molecular weight is 400 g/mol. The van der Waals surface area contributed by atoms with Crippen molar-refractivity contribution in [1.82, 2.24) is 19.8 Å². The van der Waals surface area contributed by atoms with E-state index in [9.17, 15) is 4.79 Å². The number of methoxy groups -OCH3 is 1. The topological polar surface area (TPSA) is 71.4 Å². The molecule has 1 unspecified atom stereocenters. The van der Waals surface area contributed by atoms with Crippen LogP contribution < -0.4 is 15.4 Å². The lowest BCUT2D eigenvalue weighted by atomic mass is 10.1. The minimum atomic E-state index is -0.110. The fourth-order valence-corrected chi connectivity index (χ4v) is 3.21. The van der Waals surface area contributed by atoms with Gasteiger partial charge in [0.25, 0.3) is 0 Å². The summed E-state index contributed by atoms with van der Waals surface area (Å²) in [4.78, 5) is 19.1. The largest absolute Gasteiger partial charge is 0.495 e. The number of ether oxygens (including phenoxy) is 1. The van der Waals surface area contributed by atoms with Crippen LogP contribution in [-0.4, -0.2) is 53.6 Å². The highest BCUT2D eigenvalue weighted by Crippen LogP contribution is 2.28. The SMILES string of the molecule is COc1ccc(Cl)cc1NC(=O)CN1CCNCC1c1nccn1C.Cl. The van der Waals surface area contributed by atoms with Gasteiger partial charge in [0.1, 0.15) is 11.6 Å². The van der Waals surface area contributed by atoms with Crippen molar-refractivity contribution in [2.45, 2.75) is 6.04 Å². The molecular weight excluding hydrogens is 377 g/mol. The van der Waals surface area contributed by atoms with Crippen molar-refractivity contribution in [2.75, 3.05) is 38.6 Å². The molecule has 1 saturated heterocycles. The summed E-state index contributed by atoms with van der Waals surface area (Å²) in [5, 5.41) is 6.80. The summed E-state index contributed by atoms with van der Waals surface area (Å²) in [5.41, 5.74) is 0.573. The monoisotopic (exact) mass is 399 g/mol. The molecule has 7 nitrogen and oxygen atoms in total. The summed E-state index contributed by atoms with van der Waals surface area (Å²) in [6.45, 7) is 2.65. The Morgan fingerprint density at radius 1 is 1.50 bits per heavy atom. The Hall–Kier alpha value is -1.80. The number of anilines is 1. The van der Waals surface area contributed by atoms with Crippen LogP contribution in [0.5, 0.6) is 5.75 Å². The minimum Gasteiger partial charge on any atom is -0.495 e. The van der Waals surface area contributed by atoms with E-state index in [0.717, 1.165) is 25.5 Å². The van der Waals surface area contributed by atoms with Crippen LogP contribution in [0.1, 0.15) is 11.9 Å². The van der Waals surface area contributed by atoms with Crippen molar-refractivity contribution in [1.29, 1.82) is 0 Å². The van der Waals surface area contributed by atoms with Crippen molar-refractivity contribution >= 4 is 35.6 Å². The van der Waals surface area contributed by atoms with E-state index in [1.54, 1.807) is 31.5 Å². The van der Waals surface area contributed by atoms with Gasteiger partial charge >= 0.3 is 0 Å². The summed E-state index contributed by atoms with van der Waals surface area (Å²) in [6.07, 6.45) is 3.69. The molecule has 142 valence electrons. The van der Waals surface area contributed by atoms with Gasteiger partial charge in [-0.2, -0.15) is 0 Å². The highest BCUT2D eigenvalue weighted by atomic mass is 35.5. The minimum absolute atomic E-state index is 0. The molecule has 2 N–H and O–H groups in total. The van der Waals surface area contributed by atoms with Gasteiger partial charge in [-0.3, -0.25) is 9.69 Å². The molecule has 1 aliphatic heterocycles. The Morgan fingerprint density at radius 3 is 3.00 bits per heavy atom. The second kappa shape index (κ2) is 9.23. The number of aryl methyl sites for hydroxylation is 1. The van der Waals surface area contributed by atoms with Crippen LogP contribution in [0.2, 0.25) is 5.02 Å². The summed E-state index contributed by atoms with van der Waals surface area (Å²) >= 11 is 6.02. The number of amides is 1. The second-order valence-electron chi connectivity index (χ2n) is 5.98. The van der Waals surface area contributed by atoms with Crippen LogP contribution in [0.3, 0.4) is 0 Å². The van der Waals surface area contributed by atoms with E-state index in [1.807, 2.05) is 17.8 Å². The van der Waals surface area contributed by atoms with Gasteiger partial charge in [-0.25, -0.2) is 4.98 Å². The van der Waals surface area contributed by atoms with Crippen molar-refractivity contribution in [3.8, 4) is 5.75 Å². The van der Waals surface area contributed by atoms with Crippen molar-refractivity contribution < 1.29 is 9.53 Å². The Kier molecular flexibility index (Phi) is 7.28.